The molecule has 1 aliphatic rings. The summed E-state index contributed by atoms with van der Waals surface area (Å²) in [5, 5.41) is 17.4. The summed E-state index contributed by atoms with van der Waals surface area (Å²) in [7, 11) is 0. The zero-order valence-corrected chi connectivity index (χ0v) is 22.9. The second kappa shape index (κ2) is 16.2. The molecule has 0 aromatic heterocycles. The van der Waals surface area contributed by atoms with Gasteiger partial charge in [0.2, 0.25) is 0 Å². The van der Waals surface area contributed by atoms with E-state index in [1.165, 1.54) is 0 Å². The molecule has 2 amide bonds. The van der Waals surface area contributed by atoms with E-state index in [1.54, 1.807) is 24.3 Å². The first-order valence-electron chi connectivity index (χ1n) is 13.9. The van der Waals surface area contributed by atoms with E-state index in [0.29, 0.717) is 37.2 Å². The first-order chi connectivity index (χ1) is 18.5. The number of hydrogen-bond acceptors (Lipinski definition) is 6. The average molecular weight is 525 g/mol. The third-order valence-electron chi connectivity index (χ3n) is 6.79. The summed E-state index contributed by atoms with van der Waals surface area (Å²) in [6.45, 7) is 10.8. The van der Waals surface area contributed by atoms with Gasteiger partial charge in [0, 0.05) is 56.9 Å². The van der Waals surface area contributed by atoms with E-state index in [0.717, 1.165) is 57.8 Å². The van der Waals surface area contributed by atoms with Crippen molar-refractivity contribution in [2.24, 2.45) is 0 Å². The molecule has 0 aliphatic carbocycles. The second-order valence-electron chi connectivity index (χ2n) is 9.87. The summed E-state index contributed by atoms with van der Waals surface area (Å²) in [5.41, 5.74) is 1.95. The van der Waals surface area contributed by atoms with E-state index in [-0.39, 0.29) is 11.8 Å². The lowest BCUT2D eigenvalue weighted by Crippen LogP contribution is -2.49. The Labute approximate surface area is 227 Å². The molecule has 8 nitrogen and oxygen atoms in total. The lowest BCUT2D eigenvalue weighted by Gasteiger charge is -2.28. The first kappa shape index (κ1) is 29.8. The third kappa shape index (κ3) is 9.51. The maximum atomic E-state index is 13.3. The molecule has 2 aromatic rings. The molecule has 0 bridgehead atoms. The van der Waals surface area contributed by atoms with Crippen molar-refractivity contribution in [2.45, 2.75) is 45.3 Å². The van der Waals surface area contributed by atoms with Crippen LogP contribution in [0.2, 0.25) is 0 Å². The molecular formula is C30H44N4O4. The van der Waals surface area contributed by atoms with Crippen LogP contribution in [0.1, 0.15) is 53.0 Å². The number of carbonyl (C=O) groups is 2. The highest BCUT2D eigenvalue weighted by Gasteiger charge is 2.23. The van der Waals surface area contributed by atoms with E-state index >= 15 is 0 Å². The van der Waals surface area contributed by atoms with Gasteiger partial charge in [-0.15, -0.1) is 0 Å². The molecular weight excluding hydrogens is 480 g/mol. The molecule has 3 N–H and O–H groups in total. The normalized spacial score (nSPS) is 15.6. The number of ether oxygens (including phenoxy) is 1. The van der Waals surface area contributed by atoms with Crippen molar-refractivity contribution in [3.05, 3.63) is 71.3 Å². The highest BCUT2D eigenvalue weighted by Crippen LogP contribution is 2.12. The van der Waals surface area contributed by atoms with Crippen LogP contribution in [-0.4, -0.2) is 97.9 Å². The molecule has 1 heterocycles. The molecule has 38 heavy (non-hydrogen) atoms. The fraction of sp³-hybridized carbons (Fsp3) is 0.533. The van der Waals surface area contributed by atoms with Crippen molar-refractivity contribution in [1.82, 2.24) is 20.4 Å². The number of rotatable bonds is 15. The van der Waals surface area contributed by atoms with Crippen LogP contribution in [0.3, 0.4) is 0 Å². The fourth-order valence-electron chi connectivity index (χ4n) is 4.69. The number of aliphatic hydroxyl groups is 1. The largest absolute Gasteiger partial charge is 0.390 e. The van der Waals surface area contributed by atoms with Gasteiger partial charge in [0.05, 0.1) is 25.4 Å². The predicted molar refractivity (Wildman–Crippen MR) is 150 cm³/mol. The van der Waals surface area contributed by atoms with Crippen molar-refractivity contribution < 1.29 is 19.4 Å². The molecule has 0 spiro atoms. The van der Waals surface area contributed by atoms with Gasteiger partial charge in [0.25, 0.3) is 11.8 Å². The summed E-state index contributed by atoms with van der Waals surface area (Å²) in [6.07, 6.45) is 1.48. The number of hydrogen-bond donors (Lipinski definition) is 3. The minimum absolute atomic E-state index is 0.0614. The number of aliphatic hydroxyl groups excluding tert-OH is 1. The Morgan fingerprint density at radius 3 is 2.37 bits per heavy atom. The van der Waals surface area contributed by atoms with E-state index in [9.17, 15) is 14.7 Å². The van der Waals surface area contributed by atoms with Crippen LogP contribution in [0.25, 0.3) is 0 Å². The van der Waals surface area contributed by atoms with Gasteiger partial charge in [-0.3, -0.25) is 14.5 Å². The summed E-state index contributed by atoms with van der Waals surface area (Å²) in [5.74, 6) is -0.362. The van der Waals surface area contributed by atoms with E-state index < -0.39 is 12.1 Å². The Morgan fingerprint density at radius 2 is 1.68 bits per heavy atom. The van der Waals surface area contributed by atoms with Crippen molar-refractivity contribution in [3.8, 4) is 0 Å². The smallest absolute Gasteiger partial charge is 0.253 e. The van der Waals surface area contributed by atoms with Crippen molar-refractivity contribution in [3.63, 3.8) is 0 Å². The maximum Gasteiger partial charge on any atom is 0.253 e. The third-order valence-corrected chi connectivity index (χ3v) is 6.79. The maximum absolute atomic E-state index is 13.3. The van der Waals surface area contributed by atoms with Crippen molar-refractivity contribution in [2.75, 3.05) is 59.0 Å². The first-order valence-corrected chi connectivity index (χ1v) is 13.9. The van der Waals surface area contributed by atoms with Crippen molar-refractivity contribution in [1.29, 1.82) is 0 Å². The average Bonchev–Trinajstić information content (AvgIpc) is 2.95. The Morgan fingerprint density at radius 1 is 1.00 bits per heavy atom. The molecule has 208 valence electrons. The van der Waals surface area contributed by atoms with Gasteiger partial charge < -0.3 is 25.4 Å². The van der Waals surface area contributed by atoms with Crippen LogP contribution in [0.5, 0.6) is 0 Å². The summed E-state index contributed by atoms with van der Waals surface area (Å²) in [6, 6.07) is 16.2. The van der Waals surface area contributed by atoms with Gasteiger partial charge in [-0.2, -0.15) is 0 Å². The molecule has 1 saturated heterocycles. The van der Waals surface area contributed by atoms with Gasteiger partial charge in [-0.25, -0.2) is 0 Å². The van der Waals surface area contributed by atoms with E-state index in [1.807, 2.05) is 35.2 Å². The molecule has 0 unspecified atom stereocenters. The summed E-state index contributed by atoms with van der Waals surface area (Å²) < 4.78 is 5.40. The highest BCUT2D eigenvalue weighted by molar-refractivity contribution is 5.99. The minimum Gasteiger partial charge on any atom is -0.390 e. The summed E-state index contributed by atoms with van der Waals surface area (Å²) >= 11 is 0. The van der Waals surface area contributed by atoms with Gasteiger partial charge in [0.15, 0.2) is 0 Å². The van der Waals surface area contributed by atoms with Crippen LogP contribution in [0.4, 0.5) is 0 Å². The van der Waals surface area contributed by atoms with Crippen LogP contribution in [-0.2, 0) is 11.2 Å². The molecule has 1 fully saturated rings. The fourth-order valence-corrected chi connectivity index (χ4v) is 4.69. The number of nitrogens with one attached hydrogen (secondary N) is 2. The van der Waals surface area contributed by atoms with Gasteiger partial charge in [-0.1, -0.05) is 50.2 Å². The summed E-state index contributed by atoms with van der Waals surface area (Å²) in [4.78, 5) is 30.5. The van der Waals surface area contributed by atoms with Crippen molar-refractivity contribution >= 4 is 11.8 Å². The standard InChI is InChI=1S/C30H44N4O4/c1-3-14-34(15-4-2)30(37)26-12-8-11-25(22-26)29(36)32-27(21-24-9-6-5-7-10-24)28(35)23-31-13-16-33-17-19-38-20-18-33/h5-12,22,27-28,31,35H,3-4,13-21,23H2,1-2H3,(H,32,36)/t27-,28+/m0/s1. The SMILES string of the molecule is CCCN(CCC)C(=O)c1cccc(C(=O)N[C@@H](Cc2ccccc2)[C@H](O)CNCCN2CCOCC2)c1. The minimum atomic E-state index is -0.779. The van der Waals surface area contributed by atoms with Crippen LogP contribution >= 0.6 is 0 Å². The molecule has 0 radical (unpaired) electrons. The number of nitrogens with zero attached hydrogens (tertiary/aromatic N) is 2. The molecule has 2 atom stereocenters. The number of amides is 2. The zero-order valence-electron chi connectivity index (χ0n) is 22.9. The second-order valence-corrected chi connectivity index (χ2v) is 9.87. The Kier molecular flexibility index (Phi) is 12.7. The lowest BCUT2D eigenvalue weighted by atomic mass is 10.00. The zero-order chi connectivity index (χ0) is 27.2. The number of carbonyl (C=O) groups excluding carboxylic acids is 2. The van der Waals surface area contributed by atoms with E-state index in [2.05, 4.69) is 29.4 Å². The molecule has 1 aliphatic heterocycles. The van der Waals surface area contributed by atoms with Gasteiger partial charge in [0.1, 0.15) is 0 Å². The Balaban J connectivity index is 1.64. The molecule has 8 heteroatoms. The number of benzene rings is 2. The predicted octanol–water partition coefficient (Wildman–Crippen LogP) is 2.57. The number of morpholine rings is 1. The van der Waals surface area contributed by atoms with Gasteiger partial charge >= 0.3 is 0 Å². The Hall–Kier alpha value is -2.78. The molecule has 0 saturated carbocycles. The van der Waals surface area contributed by atoms with Crippen LogP contribution < -0.4 is 10.6 Å². The lowest BCUT2D eigenvalue weighted by molar-refractivity contribution is 0.0377. The molecule has 3 rings (SSSR count). The van der Waals surface area contributed by atoms with Crippen LogP contribution in [0.15, 0.2) is 54.6 Å². The quantitative estimate of drug-likeness (QED) is 0.310. The monoisotopic (exact) mass is 524 g/mol. The Bertz CT molecular complexity index is 975. The topological polar surface area (TPSA) is 94.1 Å². The highest BCUT2D eigenvalue weighted by atomic mass is 16.5. The molecule has 2 aromatic carbocycles. The van der Waals surface area contributed by atoms with Gasteiger partial charge in [-0.05, 0) is 43.0 Å². The van der Waals surface area contributed by atoms with Crippen LogP contribution in [0, 0.1) is 0 Å². The van der Waals surface area contributed by atoms with E-state index in [4.69, 9.17) is 4.74 Å².